The summed E-state index contributed by atoms with van der Waals surface area (Å²) in [6.45, 7) is 11.0. The lowest BCUT2D eigenvalue weighted by molar-refractivity contribution is -0.144. The molecule has 382 valence electrons. The number of aliphatic hydroxyl groups is 1. The van der Waals surface area contributed by atoms with Gasteiger partial charge in [0.1, 0.15) is 17.9 Å². The number of rotatable bonds is 21. The Kier molecular flexibility index (Phi) is 16.8. The Balaban J connectivity index is 0.680. The smallest absolute Gasteiger partial charge is 0.255 e. The Hall–Kier alpha value is -6.50. The van der Waals surface area contributed by atoms with Crippen molar-refractivity contribution >= 4 is 68.5 Å². The molecule has 4 atom stereocenters. The Morgan fingerprint density at radius 3 is 2.46 bits per heavy atom. The maximum atomic E-state index is 14.0. The number of H-pyrrole nitrogens is 1. The second-order valence-electron chi connectivity index (χ2n) is 20.7. The fraction of sp³-hybridized carbons (Fsp3) is 0.481. The van der Waals surface area contributed by atoms with Crippen LogP contribution in [0.4, 0.5) is 5.69 Å². The number of hydrogen-bond donors (Lipinski definition) is 6. The number of hydrogen-bond acceptors (Lipinski definition) is 11. The maximum Gasteiger partial charge on any atom is 0.255 e. The first kappa shape index (κ1) is 51.8. The number of unbranched alkanes of at least 4 members (excludes halogenated alkanes) is 5. The zero-order valence-corrected chi connectivity index (χ0v) is 42.9. The van der Waals surface area contributed by atoms with E-state index in [9.17, 15) is 29.1 Å². The van der Waals surface area contributed by atoms with E-state index in [1.165, 1.54) is 4.90 Å². The molecular formula is C54H69N11O6S. The van der Waals surface area contributed by atoms with E-state index in [2.05, 4.69) is 41.2 Å². The topological polar surface area (TPSA) is 220 Å². The fourth-order valence-corrected chi connectivity index (χ4v) is 10.7. The summed E-state index contributed by atoms with van der Waals surface area (Å²) >= 11 is 1.58. The van der Waals surface area contributed by atoms with E-state index in [1.54, 1.807) is 28.3 Å². The number of thiazole rings is 1. The first-order chi connectivity index (χ1) is 34.6. The molecule has 3 aromatic carbocycles. The zero-order chi connectivity index (χ0) is 50.9. The summed E-state index contributed by atoms with van der Waals surface area (Å²) in [6.07, 6.45) is 8.17. The summed E-state index contributed by atoms with van der Waals surface area (Å²) in [4.78, 5) is 83.9. The average molecular weight is 1000 g/mol. The molecule has 6 aromatic rings. The fourth-order valence-electron chi connectivity index (χ4n) is 9.85. The Bertz CT molecular complexity index is 2870. The van der Waals surface area contributed by atoms with Gasteiger partial charge in [-0.15, -0.1) is 11.3 Å². The van der Waals surface area contributed by atoms with Crippen LogP contribution in [0.1, 0.15) is 112 Å². The molecule has 18 heteroatoms. The van der Waals surface area contributed by atoms with Crippen molar-refractivity contribution in [3.05, 3.63) is 95.0 Å². The van der Waals surface area contributed by atoms with E-state index in [4.69, 9.17) is 4.98 Å². The van der Waals surface area contributed by atoms with Gasteiger partial charge in [0.15, 0.2) is 0 Å². The average Bonchev–Trinajstić information content (AvgIpc) is 4.21. The number of aromatic nitrogens is 5. The van der Waals surface area contributed by atoms with Crippen molar-refractivity contribution in [3.63, 3.8) is 0 Å². The summed E-state index contributed by atoms with van der Waals surface area (Å²) in [7, 11) is 1.87. The van der Waals surface area contributed by atoms with Crippen LogP contribution in [-0.2, 0) is 39.3 Å². The second kappa shape index (κ2) is 23.4. The number of amides is 5. The Labute approximate surface area is 424 Å². The van der Waals surface area contributed by atoms with E-state index in [-0.39, 0.29) is 61.4 Å². The van der Waals surface area contributed by atoms with E-state index in [0.29, 0.717) is 37.2 Å². The van der Waals surface area contributed by atoms with Crippen molar-refractivity contribution in [1.29, 1.82) is 0 Å². The minimum atomic E-state index is -0.862. The molecule has 17 nitrogen and oxygen atoms in total. The Morgan fingerprint density at radius 1 is 0.917 bits per heavy atom. The summed E-state index contributed by atoms with van der Waals surface area (Å²) in [5, 5.41) is 27.8. The number of β-amino-alcohol motifs (C(OH)–C–C–N with tert-alkyl or cyclic N) is 1. The monoisotopic (exact) mass is 1000 g/mol. The number of imidazole rings is 1. The third kappa shape index (κ3) is 13.3. The van der Waals surface area contributed by atoms with E-state index >= 15 is 0 Å². The van der Waals surface area contributed by atoms with Crippen LogP contribution in [0.25, 0.3) is 32.4 Å². The highest BCUT2D eigenvalue weighted by Gasteiger charge is 2.44. The molecule has 2 aliphatic rings. The van der Waals surface area contributed by atoms with Crippen molar-refractivity contribution < 1.29 is 29.1 Å². The minimum absolute atomic E-state index is 0.0255. The molecule has 6 N–H and O–H groups in total. The number of carbonyl (C=O) groups is 5. The quantitative estimate of drug-likeness (QED) is 0.0406. The summed E-state index contributed by atoms with van der Waals surface area (Å²) < 4.78 is 1.78. The molecule has 2 fully saturated rings. The largest absolute Gasteiger partial charge is 0.391 e. The van der Waals surface area contributed by atoms with Gasteiger partial charge < -0.3 is 36.3 Å². The third-order valence-electron chi connectivity index (χ3n) is 13.9. The van der Waals surface area contributed by atoms with Crippen LogP contribution in [0.3, 0.4) is 0 Å². The van der Waals surface area contributed by atoms with Crippen LogP contribution in [0.15, 0.2) is 72.4 Å². The maximum absolute atomic E-state index is 14.0. The van der Waals surface area contributed by atoms with Gasteiger partial charge in [0, 0.05) is 69.1 Å². The number of fused-ring (bicyclic) bond motifs is 2. The van der Waals surface area contributed by atoms with Gasteiger partial charge >= 0.3 is 0 Å². The minimum Gasteiger partial charge on any atom is -0.391 e. The lowest BCUT2D eigenvalue weighted by Gasteiger charge is -2.35. The summed E-state index contributed by atoms with van der Waals surface area (Å²) in [5.41, 5.74) is 8.00. The van der Waals surface area contributed by atoms with Crippen molar-refractivity contribution in [1.82, 2.24) is 50.5 Å². The first-order valence-corrected chi connectivity index (χ1v) is 26.2. The van der Waals surface area contributed by atoms with E-state index in [1.807, 2.05) is 94.9 Å². The van der Waals surface area contributed by atoms with Crippen LogP contribution in [0.2, 0.25) is 0 Å². The van der Waals surface area contributed by atoms with Gasteiger partial charge in [-0.2, -0.15) is 5.10 Å². The van der Waals surface area contributed by atoms with Crippen LogP contribution in [0.5, 0.6) is 0 Å². The Morgan fingerprint density at radius 2 is 1.69 bits per heavy atom. The van der Waals surface area contributed by atoms with Crippen molar-refractivity contribution in [2.45, 2.75) is 123 Å². The zero-order valence-electron chi connectivity index (χ0n) is 42.1. The molecule has 5 heterocycles. The standard InChI is InChI=1S/C54H69N11O6S/c1-34-49(72-33-57-34)37-15-13-35(14-16-37)28-56-52(70)45-27-41(66)31-65(45)53(71)50(54(2,3)4)62-47(67)12-10-8-6-7-9-11-22-55-48(68)24-36-21-23-64(30-36)32-46-60-42-19-18-40(26-43(42)61-46)59-51(69)38-17-20-44-39(25-38)29-58-63(44)5/h13-20,25-26,29,33,36,41,45,50,66H,6-12,21-24,27-28,30-32H2,1-5H3,(H,55,68)(H,56,70)(H,59,69)(H,60,61)(H,62,67)/t36?,41-,45+,50-/m1/s1. The number of likely N-dealkylation sites (tertiary alicyclic amines) is 2. The number of nitrogens with one attached hydrogen (secondary N) is 5. The van der Waals surface area contributed by atoms with Gasteiger partial charge in [0.25, 0.3) is 5.91 Å². The number of nitrogens with zero attached hydrogens (tertiary/aromatic N) is 6. The van der Waals surface area contributed by atoms with Gasteiger partial charge in [-0.3, -0.25) is 33.6 Å². The second-order valence-corrected chi connectivity index (χ2v) is 21.5. The van der Waals surface area contributed by atoms with E-state index in [0.717, 1.165) is 101 Å². The molecule has 0 bridgehead atoms. The number of aryl methyl sites for hydroxylation is 2. The number of aromatic amines is 1. The predicted octanol–water partition coefficient (Wildman–Crippen LogP) is 7.00. The summed E-state index contributed by atoms with van der Waals surface area (Å²) in [6, 6.07) is 17.4. The molecule has 0 aliphatic carbocycles. The van der Waals surface area contributed by atoms with Crippen molar-refractivity contribution in [2.75, 3.05) is 31.5 Å². The molecule has 3 aromatic heterocycles. The molecule has 1 unspecified atom stereocenters. The SMILES string of the molecule is Cc1ncsc1-c1ccc(CNC(=O)[C@@H]2C[C@@H](O)CN2C(=O)[C@@H](NC(=O)CCCCCCCCNC(=O)CC2CCN(Cc3nc4cc(NC(=O)c5ccc6c(cnn6C)c5)ccc4[nH]3)C2)C(C)(C)C)cc1. The van der Waals surface area contributed by atoms with Crippen molar-refractivity contribution in [2.24, 2.45) is 18.4 Å². The highest BCUT2D eigenvalue weighted by molar-refractivity contribution is 7.13. The lowest BCUT2D eigenvalue weighted by Crippen LogP contribution is -2.57. The molecule has 0 radical (unpaired) electrons. The molecule has 72 heavy (non-hydrogen) atoms. The summed E-state index contributed by atoms with van der Waals surface area (Å²) in [5.74, 6) is 0.0981. The van der Waals surface area contributed by atoms with Gasteiger partial charge in [0.05, 0.1) is 51.5 Å². The van der Waals surface area contributed by atoms with E-state index < -0.39 is 23.6 Å². The van der Waals surface area contributed by atoms with Crippen LogP contribution in [0, 0.1) is 18.3 Å². The van der Waals surface area contributed by atoms with Crippen LogP contribution < -0.4 is 21.3 Å². The predicted molar refractivity (Wildman–Crippen MR) is 280 cm³/mol. The van der Waals surface area contributed by atoms with Crippen molar-refractivity contribution in [3.8, 4) is 10.4 Å². The van der Waals surface area contributed by atoms with Gasteiger partial charge in [-0.25, -0.2) is 9.97 Å². The van der Waals surface area contributed by atoms with Gasteiger partial charge in [0.2, 0.25) is 23.6 Å². The number of aliphatic hydroxyl groups excluding tert-OH is 1. The lowest BCUT2D eigenvalue weighted by atomic mass is 9.85. The molecule has 2 saturated heterocycles. The number of benzene rings is 3. The normalized spacial score (nSPS) is 17.6. The first-order valence-electron chi connectivity index (χ1n) is 25.3. The molecule has 0 saturated carbocycles. The molecule has 5 amide bonds. The van der Waals surface area contributed by atoms with Gasteiger partial charge in [-0.1, -0.05) is 70.7 Å². The number of carbonyl (C=O) groups excluding carboxylic acids is 5. The highest BCUT2D eigenvalue weighted by Crippen LogP contribution is 2.29. The number of anilines is 1. The van der Waals surface area contributed by atoms with Crippen LogP contribution >= 0.6 is 11.3 Å². The third-order valence-corrected chi connectivity index (χ3v) is 14.9. The van der Waals surface area contributed by atoms with Gasteiger partial charge in [-0.05, 0) is 91.6 Å². The molecule has 2 aliphatic heterocycles. The highest BCUT2D eigenvalue weighted by atomic mass is 32.1. The van der Waals surface area contributed by atoms with Crippen LogP contribution in [-0.4, -0.2) is 114 Å². The molecule has 0 spiro atoms. The molecule has 8 rings (SSSR count). The molecular weight excluding hydrogens is 931 g/mol.